The molecule has 2 heterocycles. The molecule has 20 heavy (non-hydrogen) atoms. The van der Waals surface area contributed by atoms with Crippen molar-refractivity contribution in [1.82, 2.24) is 10.2 Å². The number of para-hydroxylation sites is 1. The third kappa shape index (κ3) is 3.13. The fraction of sp³-hybridized carbons (Fsp3) is 0.625. The third-order valence-electron chi connectivity index (χ3n) is 4.57. The predicted octanol–water partition coefficient (Wildman–Crippen LogP) is 2.09. The minimum Gasteiger partial charge on any atom is -0.367 e. The summed E-state index contributed by atoms with van der Waals surface area (Å²) in [5.74, 6) is -0.0976. The van der Waals surface area contributed by atoms with Crippen molar-refractivity contribution in [3.63, 3.8) is 0 Å². The number of nitrogens with zero attached hydrogens (tertiary/aromatic N) is 2. The highest BCUT2D eigenvalue weighted by molar-refractivity contribution is 5.48. The van der Waals surface area contributed by atoms with Crippen LogP contribution in [0.4, 0.5) is 10.1 Å². The summed E-state index contributed by atoms with van der Waals surface area (Å²) in [6.07, 6.45) is 3.82. The van der Waals surface area contributed by atoms with Crippen LogP contribution in [0.2, 0.25) is 0 Å². The largest absolute Gasteiger partial charge is 0.367 e. The number of rotatable bonds is 2. The first-order chi connectivity index (χ1) is 9.84. The summed E-state index contributed by atoms with van der Waals surface area (Å²) in [6.45, 7) is 6.28. The molecule has 0 spiro atoms. The van der Waals surface area contributed by atoms with E-state index in [1.807, 2.05) is 12.1 Å². The standard InChI is InChI=1S/C16H24FN3/c17-15-5-1-2-6-16(15)20-12-10-19(11-13-20)14-4-3-8-18-9-7-14/h1-2,5-6,14,18H,3-4,7-13H2. The van der Waals surface area contributed by atoms with Gasteiger partial charge in [-0.2, -0.15) is 0 Å². The molecule has 1 atom stereocenters. The molecule has 1 aromatic rings. The molecule has 110 valence electrons. The molecule has 3 rings (SSSR count). The molecule has 0 saturated carbocycles. The Hall–Kier alpha value is -1.13. The van der Waals surface area contributed by atoms with Crippen molar-refractivity contribution < 1.29 is 4.39 Å². The van der Waals surface area contributed by atoms with E-state index < -0.39 is 0 Å². The number of benzene rings is 1. The van der Waals surface area contributed by atoms with Gasteiger partial charge in [-0.3, -0.25) is 4.90 Å². The van der Waals surface area contributed by atoms with E-state index in [0.29, 0.717) is 6.04 Å². The molecule has 2 saturated heterocycles. The molecule has 0 amide bonds. The summed E-state index contributed by atoms with van der Waals surface area (Å²) in [5, 5.41) is 3.47. The summed E-state index contributed by atoms with van der Waals surface area (Å²) in [4.78, 5) is 4.78. The number of hydrogen-bond acceptors (Lipinski definition) is 3. The highest BCUT2D eigenvalue weighted by atomic mass is 19.1. The van der Waals surface area contributed by atoms with Gasteiger partial charge in [-0.25, -0.2) is 4.39 Å². The van der Waals surface area contributed by atoms with E-state index in [2.05, 4.69) is 15.1 Å². The Morgan fingerprint density at radius 3 is 2.60 bits per heavy atom. The van der Waals surface area contributed by atoms with Gasteiger partial charge in [-0.05, 0) is 44.5 Å². The van der Waals surface area contributed by atoms with Crippen LogP contribution in [-0.2, 0) is 0 Å². The molecule has 2 aliphatic rings. The van der Waals surface area contributed by atoms with Crippen LogP contribution < -0.4 is 10.2 Å². The van der Waals surface area contributed by atoms with Gasteiger partial charge in [-0.15, -0.1) is 0 Å². The molecule has 3 nitrogen and oxygen atoms in total. The van der Waals surface area contributed by atoms with E-state index in [0.717, 1.165) is 45.0 Å². The van der Waals surface area contributed by atoms with Crippen molar-refractivity contribution in [2.45, 2.75) is 25.3 Å². The second-order valence-corrected chi connectivity index (χ2v) is 5.81. The lowest BCUT2D eigenvalue weighted by Crippen LogP contribution is -2.50. The van der Waals surface area contributed by atoms with E-state index in [1.54, 1.807) is 12.1 Å². The Morgan fingerprint density at radius 2 is 1.80 bits per heavy atom. The van der Waals surface area contributed by atoms with Crippen LogP contribution in [0.15, 0.2) is 24.3 Å². The highest BCUT2D eigenvalue weighted by Crippen LogP contribution is 2.22. The maximum atomic E-state index is 13.8. The van der Waals surface area contributed by atoms with Gasteiger partial charge < -0.3 is 10.2 Å². The van der Waals surface area contributed by atoms with E-state index >= 15 is 0 Å². The second-order valence-electron chi connectivity index (χ2n) is 5.81. The average molecular weight is 277 g/mol. The zero-order valence-corrected chi connectivity index (χ0v) is 12.0. The zero-order valence-electron chi connectivity index (χ0n) is 12.0. The van der Waals surface area contributed by atoms with Crippen molar-refractivity contribution in [1.29, 1.82) is 0 Å². The number of nitrogens with one attached hydrogen (secondary N) is 1. The van der Waals surface area contributed by atoms with Crippen molar-refractivity contribution >= 4 is 5.69 Å². The van der Waals surface area contributed by atoms with Crippen LogP contribution in [-0.4, -0.2) is 50.2 Å². The van der Waals surface area contributed by atoms with Crippen LogP contribution in [0.5, 0.6) is 0 Å². The minimum absolute atomic E-state index is 0.0976. The molecule has 4 heteroatoms. The molecule has 2 aliphatic heterocycles. The molecule has 2 fully saturated rings. The van der Waals surface area contributed by atoms with Crippen LogP contribution in [0.1, 0.15) is 19.3 Å². The van der Waals surface area contributed by atoms with Gasteiger partial charge in [0, 0.05) is 32.2 Å². The lowest BCUT2D eigenvalue weighted by atomic mass is 10.1. The first kappa shape index (κ1) is 13.8. The lowest BCUT2D eigenvalue weighted by molar-refractivity contribution is 0.171. The van der Waals surface area contributed by atoms with Gasteiger partial charge in [-0.1, -0.05) is 12.1 Å². The molecule has 1 aromatic carbocycles. The third-order valence-corrected chi connectivity index (χ3v) is 4.57. The van der Waals surface area contributed by atoms with Crippen molar-refractivity contribution in [2.75, 3.05) is 44.2 Å². The van der Waals surface area contributed by atoms with Crippen LogP contribution in [0.3, 0.4) is 0 Å². The van der Waals surface area contributed by atoms with Gasteiger partial charge in [0.1, 0.15) is 5.82 Å². The van der Waals surface area contributed by atoms with Crippen LogP contribution in [0, 0.1) is 5.82 Å². The zero-order chi connectivity index (χ0) is 13.8. The van der Waals surface area contributed by atoms with Gasteiger partial charge in [0.05, 0.1) is 5.69 Å². The summed E-state index contributed by atoms with van der Waals surface area (Å²) < 4.78 is 13.8. The van der Waals surface area contributed by atoms with Gasteiger partial charge in [0.25, 0.3) is 0 Å². The summed E-state index contributed by atoms with van der Waals surface area (Å²) in [6, 6.07) is 7.84. The molecule has 1 unspecified atom stereocenters. The van der Waals surface area contributed by atoms with Gasteiger partial charge in [0.15, 0.2) is 0 Å². The lowest BCUT2D eigenvalue weighted by Gasteiger charge is -2.40. The van der Waals surface area contributed by atoms with E-state index in [9.17, 15) is 4.39 Å². The average Bonchev–Trinajstić information content (AvgIpc) is 2.77. The maximum absolute atomic E-state index is 13.8. The Balaban J connectivity index is 1.58. The molecule has 0 aromatic heterocycles. The fourth-order valence-corrected chi connectivity index (χ4v) is 3.40. The summed E-state index contributed by atoms with van der Waals surface area (Å²) in [5.41, 5.74) is 0.759. The van der Waals surface area contributed by atoms with Crippen LogP contribution >= 0.6 is 0 Å². The van der Waals surface area contributed by atoms with Crippen molar-refractivity contribution in [3.05, 3.63) is 30.1 Å². The Labute approximate surface area is 120 Å². The van der Waals surface area contributed by atoms with Crippen LogP contribution in [0.25, 0.3) is 0 Å². The Kier molecular flexibility index (Phi) is 4.53. The predicted molar refractivity (Wildman–Crippen MR) is 80.7 cm³/mol. The first-order valence-electron chi connectivity index (χ1n) is 7.79. The summed E-state index contributed by atoms with van der Waals surface area (Å²) >= 11 is 0. The van der Waals surface area contributed by atoms with E-state index in [4.69, 9.17) is 0 Å². The number of hydrogen-bond donors (Lipinski definition) is 1. The SMILES string of the molecule is Fc1ccccc1N1CCN(C2CCCNCC2)CC1. The molecule has 1 N–H and O–H groups in total. The summed E-state index contributed by atoms with van der Waals surface area (Å²) in [7, 11) is 0. The maximum Gasteiger partial charge on any atom is 0.146 e. The fourth-order valence-electron chi connectivity index (χ4n) is 3.40. The molecular formula is C16H24FN3. The Bertz CT molecular complexity index is 421. The molecule has 0 aliphatic carbocycles. The highest BCUT2D eigenvalue weighted by Gasteiger charge is 2.25. The normalized spacial score (nSPS) is 25.4. The van der Waals surface area contributed by atoms with E-state index in [1.165, 1.54) is 19.3 Å². The monoisotopic (exact) mass is 277 g/mol. The van der Waals surface area contributed by atoms with Crippen molar-refractivity contribution in [2.24, 2.45) is 0 Å². The van der Waals surface area contributed by atoms with Gasteiger partial charge in [0.2, 0.25) is 0 Å². The number of anilines is 1. The molecular weight excluding hydrogens is 253 g/mol. The Morgan fingerprint density at radius 1 is 1.00 bits per heavy atom. The molecule has 0 radical (unpaired) electrons. The number of halogens is 1. The van der Waals surface area contributed by atoms with E-state index in [-0.39, 0.29) is 5.82 Å². The number of piperazine rings is 1. The first-order valence-corrected chi connectivity index (χ1v) is 7.79. The minimum atomic E-state index is -0.0976. The quantitative estimate of drug-likeness (QED) is 0.893. The topological polar surface area (TPSA) is 18.5 Å². The van der Waals surface area contributed by atoms with Gasteiger partial charge >= 0.3 is 0 Å². The smallest absolute Gasteiger partial charge is 0.146 e. The molecule has 0 bridgehead atoms. The second kappa shape index (κ2) is 6.55. The van der Waals surface area contributed by atoms with Crippen molar-refractivity contribution in [3.8, 4) is 0 Å².